The first-order chi connectivity index (χ1) is 16.0. The van der Waals surface area contributed by atoms with Gasteiger partial charge >= 0.3 is 6.03 Å². The predicted octanol–water partition coefficient (Wildman–Crippen LogP) is 4.30. The summed E-state index contributed by atoms with van der Waals surface area (Å²) in [6.07, 6.45) is 0.708. The van der Waals surface area contributed by atoms with Crippen LogP contribution in [0.4, 0.5) is 4.79 Å². The van der Waals surface area contributed by atoms with Gasteiger partial charge in [0.1, 0.15) is 0 Å². The summed E-state index contributed by atoms with van der Waals surface area (Å²) in [6.45, 7) is 5.19. The van der Waals surface area contributed by atoms with E-state index in [1.54, 1.807) is 7.05 Å². The SMILES string of the molecule is CNC(=O)NCC(Cc1ccc(C)cc1)n1c(=N)n(Cc2ccc(C)cc2)c2ccccc21. The van der Waals surface area contributed by atoms with Crippen LogP contribution in [-0.4, -0.2) is 28.8 Å². The Bertz CT molecular complexity index is 1300. The highest BCUT2D eigenvalue weighted by Gasteiger charge is 2.20. The maximum absolute atomic E-state index is 12.0. The molecule has 0 aliphatic heterocycles. The Kier molecular flexibility index (Phi) is 6.63. The number of nitrogens with one attached hydrogen (secondary N) is 3. The summed E-state index contributed by atoms with van der Waals surface area (Å²) in [5.41, 5.74) is 7.18. The first-order valence-corrected chi connectivity index (χ1v) is 11.3. The third-order valence-electron chi connectivity index (χ3n) is 6.06. The van der Waals surface area contributed by atoms with Gasteiger partial charge in [-0.1, -0.05) is 71.8 Å². The number of hydrogen-bond acceptors (Lipinski definition) is 2. The molecule has 1 aromatic heterocycles. The molecule has 3 aromatic carbocycles. The van der Waals surface area contributed by atoms with Crippen molar-refractivity contribution < 1.29 is 4.79 Å². The maximum atomic E-state index is 12.0. The average Bonchev–Trinajstić information content (AvgIpc) is 3.10. The molecule has 1 atom stereocenters. The predicted molar refractivity (Wildman–Crippen MR) is 132 cm³/mol. The smallest absolute Gasteiger partial charge is 0.314 e. The number of carbonyl (C=O) groups is 1. The molecule has 1 unspecified atom stereocenters. The second-order valence-electron chi connectivity index (χ2n) is 8.56. The average molecular weight is 442 g/mol. The second-order valence-corrected chi connectivity index (χ2v) is 8.56. The maximum Gasteiger partial charge on any atom is 0.314 e. The number of urea groups is 1. The van der Waals surface area contributed by atoms with E-state index in [0.717, 1.165) is 16.6 Å². The molecule has 3 N–H and O–H groups in total. The van der Waals surface area contributed by atoms with Gasteiger partial charge in [-0.05, 0) is 43.5 Å². The minimum Gasteiger partial charge on any atom is -0.341 e. The van der Waals surface area contributed by atoms with E-state index >= 15 is 0 Å². The molecule has 4 rings (SSSR count). The molecule has 4 aromatic rings. The molecule has 0 saturated carbocycles. The van der Waals surface area contributed by atoms with Gasteiger partial charge in [0.15, 0.2) is 0 Å². The van der Waals surface area contributed by atoms with Crippen LogP contribution in [0, 0.1) is 19.3 Å². The van der Waals surface area contributed by atoms with Crippen LogP contribution in [0.5, 0.6) is 0 Å². The van der Waals surface area contributed by atoms with Crippen molar-refractivity contribution in [3.63, 3.8) is 0 Å². The van der Waals surface area contributed by atoms with Gasteiger partial charge in [0.05, 0.1) is 23.6 Å². The van der Waals surface area contributed by atoms with Gasteiger partial charge in [0, 0.05) is 13.6 Å². The van der Waals surface area contributed by atoms with Crippen molar-refractivity contribution in [2.45, 2.75) is 32.9 Å². The topological polar surface area (TPSA) is 74.8 Å². The summed E-state index contributed by atoms with van der Waals surface area (Å²) in [6, 6.07) is 24.7. The van der Waals surface area contributed by atoms with Gasteiger partial charge in [-0.25, -0.2) is 4.79 Å². The lowest BCUT2D eigenvalue weighted by molar-refractivity contribution is 0.240. The number of hydrogen-bond donors (Lipinski definition) is 3. The lowest BCUT2D eigenvalue weighted by atomic mass is 10.0. The number of imidazole rings is 1. The number of amides is 2. The van der Waals surface area contributed by atoms with Crippen molar-refractivity contribution in [3.05, 3.63) is 101 Å². The van der Waals surface area contributed by atoms with Crippen LogP contribution < -0.4 is 16.3 Å². The molecule has 170 valence electrons. The van der Waals surface area contributed by atoms with E-state index in [-0.39, 0.29) is 12.1 Å². The molecular weight excluding hydrogens is 410 g/mol. The van der Waals surface area contributed by atoms with Crippen molar-refractivity contribution in [1.82, 2.24) is 19.8 Å². The molecule has 6 nitrogen and oxygen atoms in total. The van der Waals surface area contributed by atoms with E-state index < -0.39 is 0 Å². The first kappa shape index (κ1) is 22.4. The Morgan fingerprint density at radius 2 is 1.45 bits per heavy atom. The van der Waals surface area contributed by atoms with Crippen LogP contribution >= 0.6 is 0 Å². The fraction of sp³-hybridized carbons (Fsp3) is 0.259. The van der Waals surface area contributed by atoms with Gasteiger partial charge in [-0.15, -0.1) is 0 Å². The van der Waals surface area contributed by atoms with Gasteiger partial charge in [-0.2, -0.15) is 0 Å². The van der Waals surface area contributed by atoms with Crippen molar-refractivity contribution in [3.8, 4) is 0 Å². The monoisotopic (exact) mass is 441 g/mol. The Hall–Kier alpha value is -3.80. The molecule has 2 amide bonds. The van der Waals surface area contributed by atoms with Crippen LogP contribution in [0.1, 0.15) is 28.3 Å². The largest absolute Gasteiger partial charge is 0.341 e. The first-order valence-electron chi connectivity index (χ1n) is 11.3. The quantitative estimate of drug-likeness (QED) is 0.393. The summed E-state index contributed by atoms with van der Waals surface area (Å²) < 4.78 is 4.10. The van der Waals surface area contributed by atoms with Crippen LogP contribution in [0.2, 0.25) is 0 Å². The Morgan fingerprint density at radius 1 is 0.879 bits per heavy atom. The van der Waals surface area contributed by atoms with Gasteiger partial charge < -0.3 is 19.8 Å². The van der Waals surface area contributed by atoms with Crippen LogP contribution in [-0.2, 0) is 13.0 Å². The number of aryl methyl sites for hydroxylation is 2. The minimum atomic E-state index is -0.223. The molecule has 0 fully saturated rings. The number of aromatic nitrogens is 2. The highest BCUT2D eigenvalue weighted by molar-refractivity contribution is 5.76. The normalized spacial score (nSPS) is 12.0. The number of para-hydroxylation sites is 2. The number of rotatable bonds is 7. The van der Waals surface area contributed by atoms with Crippen molar-refractivity contribution >= 4 is 17.1 Å². The Morgan fingerprint density at radius 3 is 2.06 bits per heavy atom. The zero-order chi connectivity index (χ0) is 23.4. The van der Waals surface area contributed by atoms with Crippen LogP contribution in [0.15, 0.2) is 72.8 Å². The molecule has 0 saturated heterocycles. The van der Waals surface area contributed by atoms with E-state index in [2.05, 4.69) is 89.7 Å². The van der Waals surface area contributed by atoms with E-state index in [4.69, 9.17) is 5.41 Å². The molecule has 0 aliphatic carbocycles. The third kappa shape index (κ3) is 5.00. The van der Waals surface area contributed by atoms with Gasteiger partial charge in [-0.3, -0.25) is 5.41 Å². The van der Waals surface area contributed by atoms with Crippen molar-refractivity contribution in [2.75, 3.05) is 13.6 Å². The molecule has 33 heavy (non-hydrogen) atoms. The summed E-state index contributed by atoms with van der Waals surface area (Å²) in [7, 11) is 1.61. The number of benzene rings is 3. The molecule has 0 bridgehead atoms. The van der Waals surface area contributed by atoms with Crippen molar-refractivity contribution in [1.29, 1.82) is 5.41 Å². The second kappa shape index (κ2) is 9.77. The molecule has 0 spiro atoms. The van der Waals surface area contributed by atoms with Crippen LogP contribution in [0.25, 0.3) is 11.0 Å². The zero-order valence-electron chi connectivity index (χ0n) is 19.4. The molecule has 0 radical (unpaired) electrons. The van der Waals surface area contributed by atoms with Gasteiger partial charge in [0.25, 0.3) is 0 Å². The standard InChI is InChI=1S/C27H31N5O/c1-19-8-12-21(13-9-19)16-23(17-30-27(33)29-3)32-25-7-5-4-6-24(25)31(26(32)28)18-22-14-10-20(2)11-15-22/h4-15,23,28H,16-18H2,1-3H3,(H2,29,30,33). The van der Waals surface area contributed by atoms with Gasteiger partial charge in [0.2, 0.25) is 5.62 Å². The lowest BCUT2D eigenvalue weighted by Crippen LogP contribution is -2.40. The summed E-state index contributed by atoms with van der Waals surface area (Å²) in [5.74, 6) is 0. The summed E-state index contributed by atoms with van der Waals surface area (Å²) in [5, 5.41) is 14.7. The molecular formula is C27H31N5O. The van der Waals surface area contributed by atoms with Crippen molar-refractivity contribution in [2.24, 2.45) is 0 Å². The fourth-order valence-corrected chi connectivity index (χ4v) is 4.21. The van der Waals surface area contributed by atoms with E-state index in [1.165, 1.54) is 16.7 Å². The van der Waals surface area contributed by atoms with Crippen LogP contribution in [0.3, 0.4) is 0 Å². The zero-order valence-corrected chi connectivity index (χ0v) is 19.4. The molecule has 0 aliphatic rings. The number of fused-ring (bicyclic) bond motifs is 1. The molecule has 1 heterocycles. The summed E-state index contributed by atoms with van der Waals surface area (Å²) >= 11 is 0. The Labute approximate surface area is 194 Å². The highest BCUT2D eigenvalue weighted by Crippen LogP contribution is 2.21. The Balaban J connectivity index is 1.78. The van der Waals surface area contributed by atoms with E-state index in [1.807, 2.05) is 16.7 Å². The van der Waals surface area contributed by atoms with E-state index in [9.17, 15) is 4.79 Å². The minimum absolute atomic E-state index is 0.110. The molecule has 6 heteroatoms. The lowest BCUT2D eigenvalue weighted by Gasteiger charge is -2.21. The fourth-order valence-electron chi connectivity index (χ4n) is 4.21. The van der Waals surface area contributed by atoms with E-state index in [0.29, 0.717) is 25.1 Å². The third-order valence-corrected chi connectivity index (χ3v) is 6.06. The summed E-state index contributed by atoms with van der Waals surface area (Å²) in [4.78, 5) is 12.0. The highest BCUT2D eigenvalue weighted by atomic mass is 16.2. The number of carbonyl (C=O) groups excluding carboxylic acids is 1. The number of nitrogens with zero attached hydrogens (tertiary/aromatic N) is 2.